The molecule has 0 bridgehead atoms. The molecule has 1 unspecified atom stereocenters. The van der Waals surface area contributed by atoms with Crippen LogP contribution in [0.3, 0.4) is 0 Å². The van der Waals surface area contributed by atoms with E-state index in [-0.39, 0.29) is 40.0 Å². The lowest BCUT2D eigenvalue weighted by molar-refractivity contribution is -0.126. The lowest BCUT2D eigenvalue weighted by Crippen LogP contribution is -2.49. The van der Waals surface area contributed by atoms with Crippen LogP contribution in [0.4, 0.5) is 5.69 Å². The van der Waals surface area contributed by atoms with Crippen molar-refractivity contribution < 1.29 is 14.4 Å². The molecule has 10 heteroatoms. The van der Waals surface area contributed by atoms with Gasteiger partial charge >= 0.3 is 0 Å². The number of thiophene rings is 1. The molecule has 8 nitrogen and oxygen atoms in total. The van der Waals surface area contributed by atoms with Gasteiger partial charge < -0.3 is 21.3 Å². The molecule has 36 heavy (non-hydrogen) atoms. The minimum absolute atomic E-state index is 0.0879. The van der Waals surface area contributed by atoms with E-state index in [1.54, 1.807) is 4.90 Å². The molecule has 2 aromatic heterocycles. The molecular weight excluding hydrogens is 494 g/mol. The summed E-state index contributed by atoms with van der Waals surface area (Å²) >= 11 is 2.46. The number of anilines is 1. The third kappa shape index (κ3) is 7.52. The van der Waals surface area contributed by atoms with E-state index in [2.05, 4.69) is 28.9 Å². The van der Waals surface area contributed by atoms with Crippen molar-refractivity contribution in [1.82, 2.24) is 19.9 Å². The smallest absolute Gasteiger partial charge is 0.273 e. The van der Waals surface area contributed by atoms with Gasteiger partial charge in [0.15, 0.2) is 5.69 Å². The summed E-state index contributed by atoms with van der Waals surface area (Å²) in [5.74, 6) is -0.404. The summed E-state index contributed by atoms with van der Waals surface area (Å²) in [4.78, 5) is 42.7. The summed E-state index contributed by atoms with van der Waals surface area (Å²) < 4.78 is 4.26. The topological polar surface area (TPSA) is 117 Å². The van der Waals surface area contributed by atoms with Gasteiger partial charge in [-0.25, -0.2) is 0 Å². The molecule has 1 aliphatic rings. The van der Waals surface area contributed by atoms with Crippen LogP contribution in [0.5, 0.6) is 0 Å². The minimum Gasteiger partial charge on any atom is -0.395 e. The van der Waals surface area contributed by atoms with Crippen molar-refractivity contribution in [3.8, 4) is 0 Å². The maximum atomic E-state index is 13.8. The fraction of sp³-hybridized carbons (Fsp3) is 0.615. The molecule has 0 spiro atoms. The van der Waals surface area contributed by atoms with Gasteiger partial charge in [-0.3, -0.25) is 14.4 Å². The van der Waals surface area contributed by atoms with Gasteiger partial charge in [0.25, 0.3) is 11.8 Å². The highest BCUT2D eigenvalue weighted by Crippen LogP contribution is 2.28. The second kappa shape index (κ2) is 13.7. The number of hydrogen-bond donors (Lipinski definition) is 3. The van der Waals surface area contributed by atoms with Gasteiger partial charge in [0.1, 0.15) is 10.9 Å². The quantitative estimate of drug-likeness (QED) is 0.361. The number of aromatic nitrogens is 1. The Morgan fingerprint density at radius 1 is 1.19 bits per heavy atom. The first kappa shape index (κ1) is 28.1. The van der Waals surface area contributed by atoms with Crippen LogP contribution in [0, 0.1) is 5.92 Å². The van der Waals surface area contributed by atoms with Crippen molar-refractivity contribution in [3.63, 3.8) is 0 Å². The highest BCUT2D eigenvalue weighted by molar-refractivity contribution is 7.10. The van der Waals surface area contributed by atoms with Crippen LogP contribution in [0.1, 0.15) is 97.2 Å². The fourth-order valence-electron chi connectivity index (χ4n) is 4.44. The van der Waals surface area contributed by atoms with E-state index in [9.17, 15) is 14.4 Å². The van der Waals surface area contributed by atoms with Crippen LogP contribution >= 0.6 is 22.9 Å². The molecule has 1 aliphatic carbocycles. The van der Waals surface area contributed by atoms with Crippen LogP contribution in [0.2, 0.25) is 0 Å². The Kier molecular flexibility index (Phi) is 10.7. The lowest BCUT2D eigenvalue weighted by Gasteiger charge is -2.30. The number of nitrogens with one attached hydrogen (secondary N) is 2. The first-order chi connectivity index (χ1) is 17.3. The molecule has 0 aliphatic heterocycles. The van der Waals surface area contributed by atoms with Gasteiger partial charge in [-0.05, 0) is 54.6 Å². The lowest BCUT2D eigenvalue weighted by atomic mass is 9.95. The highest BCUT2D eigenvalue weighted by atomic mass is 32.1. The molecule has 2 heterocycles. The summed E-state index contributed by atoms with van der Waals surface area (Å²) in [7, 11) is 0. The zero-order valence-electron chi connectivity index (χ0n) is 21.5. The monoisotopic (exact) mass is 533 g/mol. The molecule has 0 aromatic carbocycles. The summed E-state index contributed by atoms with van der Waals surface area (Å²) in [5.41, 5.74) is 6.51. The summed E-state index contributed by atoms with van der Waals surface area (Å²) in [6, 6.07) is 3.35. The number of rotatable bonds is 12. The van der Waals surface area contributed by atoms with Gasteiger partial charge in [0.2, 0.25) is 5.91 Å². The van der Waals surface area contributed by atoms with Crippen LogP contribution < -0.4 is 16.4 Å². The van der Waals surface area contributed by atoms with Gasteiger partial charge in [-0.1, -0.05) is 52.5 Å². The maximum Gasteiger partial charge on any atom is 0.273 e. The van der Waals surface area contributed by atoms with Crippen molar-refractivity contribution in [2.75, 3.05) is 12.3 Å². The van der Waals surface area contributed by atoms with Crippen molar-refractivity contribution in [2.24, 2.45) is 5.92 Å². The van der Waals surface area contributed by atoms with E-state index >= 15 is 0 Å². The van der Waals surface area contributed by atoms with E-state index < -0.39 is 6.04 Å². The number of carbonyl (C=O) groups excluding carboxylic acids is 3. The Morgan fingerprint density at radius 3 is 2.58 bits per heavy atom. The van der Waals surface area contributed by atoms with E-state index in [0.29, 0.717) is 25.4 Å². The Labute approximate surface area is 222 Å². The Hall–Kier alpha value is -2.46. The molecule has 1 atom stereocenters. The third-order valence-corrected chi connectivity index (χ3v) is 8.22. The van der Waals surface area contributed by atoms with Crippen molar-refractivity contribution in [1.29, 1.82) is 0 Å². The first-order valence-electron chi connectivity index (χ1n) is 13.0. The maximum absolute atomic E-state index is 13.8. The van der Waals surface area contributed by atoms with E-state index in [0.717, 1.165) is 54.9 Å². The molecule has 0 saturated heterocycles. The van der Waals surface area contributed by atoms with Crippen LogP contribution in [-0.4, -0.2) is 45.6 Å². The zero-order valence-corrected chi connectivity index (χ0v) is 23.2. The Morgan fingerprint density at radius 2 is 1.94 bits per heavy atom. The molecule has 3 rings (SSSR count). The molecular formula is C26H39N5O3S2. The summed E-state index contributed by atoms with van der Waals surface area (Å²) in [5, 5.41) is 7.99. The normalized spacial score (nSPS) is 15.0. The van der Waals surface area contributed by atoms with Crippen LogP contribution in [0.15, 0.2) is 17.5 Å². The third-order valence-electron chi connectivity index (χ3n) is 6.51. The number of nitrogen functional groups attached to an aromatic ring is 1. The number of amides is 3. The molecule has 4 N–H and O–H groups in total. The number of carbonyl (C=O) groups is 3. The van der Waals surface area contributed by atoms with Gasteiger partial charge in [-0.2, -0.15) is 4.37 Å². The fourth-order valence-corrected chi connectivity index (χ4v) is 5.90. The van der Waals surface area contributed by atoms with Crippen LogP contribution in [-0.2, 0) is 11.3 Å². The zero-order chi connectivity index (χ0) is 26.1. The molecule has 2 aromatic rings. The standard InChI is InChI=1S/C26H39N5O3S2/c1-4-9-20(24(32)28-14-13-17(2)3)31(16-19-12-8-15-35-19)26(34)23-21(27)22(30-36-23)25(33)29-18-10-6-5-7-11-18/h8,12,15,17-18,20H,4-7,9-11,13-14,16,27H2,1-3H3,(H,28,32)(H,29,33). The molecule has 1 saturated carbocycles. The van der Waals surface area contributed by atoms with E-state index in [1.807, 2.05) is 24.4 Å². The average molecular weight is 534 g/mol. The SMILES string of the molecule is CCCC(C(=O)NCCC(C)C)N(Cc1cccs1)C(=O)c1snc(C(=O)NC2CCCCC2)c1N. The second-order valence-electron chi connectivity index (χ2n) is 9.87. The first-order valence-corrected chi connectivity index (χ1v) is 14.6. The minimum atomic E-state index is -0.641. The van der Waals surface area contributed by atoms with Crippen molar-refractivity contribution in [2.45, 2.75) is 90.8 Å². The van der Waals surface area contributed by atoms with Gasteiger partial charge in [0, 0.05) is 17.5 Å². The Bertz CT molecular complexity index is 999. The predicted octanol–water partition coefficient (Wildman–Crippen LogP) is 4.82. The van der Waals surface area contributed by atoms with Gasteiger partial charge in [0.05, 0.1) is 12.2 Å². The van der Waals surface area contributed by atoms with E-state index in [4.69, 9.17) is 5.73 Å². The molecule has 0 radical (unpaired) electrons. The number of nitrogens with two attached hydrogens (primary N) is 1. The molecule has 1 fully saturated rings. The van der Waals surface area contributed by atoms with Crippen molar-refractivity contribution in [3.05, 3.63) is 33.0 Å². The number of nitrogens with zero attached hydrogens (tertiary/aromatic N) is 2. The predicted molar refractivity (Wildman–Crippen MR) is 146 cm³/mol. The summed E-state index contributed by atoms with van der Waals surface area (Å²) in [6.45, 7) is 7.07. The van der Waals surface area contributed by atoms with Gasteiger partial charge in [-0.15, -0.1) is 11.3 Å². The second-order valence-corrected chi connectivity index (χ2v) is 11.7. The average Bonchev–Trinajstić information content (AvgIpc) is 3.50. The number of hydrogen-bond acceptors (Lipinski definition) is 7. The molecule has 3 amide bonds. The molecule has 198 valence electrons. The summed E-state index contributed by atoms with van der Waals surface area (Å²) in [6.07, 6.45) is 7.40. The van der Waals surface area contributed by atoms with Crippen molar-refractivity contribution >= 4 is 46.3 Å². The highest BCUT2D eigenvalue weighted by Gasteiger charge is 2.34. The van der Waals surface area contributed by atoms with Crippen LogP contribution in [0.25, 0.3) is 0 Å². The largest absolute Gasteiger partial charge is 0.395 e. The Balaban J connectivity index is 1.83. The van der Waals surface area contributed by atoms with E-state index in [1.165, 1.54) is 17.8 Å².